The molecule has 3 aliphatic heterocycles. The van der Waals surface area contributed by atoms with Crippen molar-refractivity contribution in [1.29, 1.82) is 0 Å². The number of hydrogen-bond donors (Lipinski definition) is 7. The second-order valence-corrected chi connectivity index (χ2v) is 12.7. The van der Waals surface area contributed by atoms with E-state index in [-0.39, 0.29) is 24.0 Å². The zero-order valence-corrected chi connectivity index (χ0v) is 27.1. The van der Waals surface area contributed by atoms with Crippen molar-refractivity contribution in [2.24, 2.45) is 0 Å². The lowest BCUT2D eigenvalue weighted by Gasteiger charge is -2.17. The van der Waals surface area contributed by atoms with Crippen LogP contribution in [-0.4, -0.2) is 63.8 Å². The second-order valence-electron chi connectivity index (χ2n) is 12.7. The predicted octanol–water partition coefficient (Wildman–Crippen LogP) is 6.36. The Labute approximate surface area is 267 Å². The van der Waals surface area contributed by atoms with Crippen LogP contribution < -0.4 is 0 Å². The first-order chi connectivity index (χ1) is 21.9. The van der Waals surface area contributed by atoms with Crippen LogP contribution in [0.2, 0.25) is 0 Å². The molecule has 0 spiro atoms. The summed E-state index contributed by atoms with van der Waals surface area (Å²) in [4.78, 5) is 28.9. The number of H-pyrrole nitrogens is 2. The molecule has 10 nitrogen and oxygen atoms in total. The monoisotopic (exact) mass is 626 g/mol. The molecule has 4 aliphatic rings. The molecule has 0 radical (unpaired) electrons. The van der Waals surface area contributed by atoms with Crippen LogP contribution in [0.5, 0.6) is 0 Å². The smallest absolute Gasteiger partial charge is 0.303 e. The van der Waals surface area contributed by atoms with Crippen molar-refractivity contribution in [3.63, 3.8) is 0 Å². The van der Waals surface area contributed by atoms with Crippen molar-refractivity contribution in [3.05, 3.63) is 68.6 Å². The highest BCUT2D eigenvalue weighted by Gasteiger charge is 2.35. The van der Waals surface area contributed by atoms with Gasteiger partial charge in [0.2, 0.25) is 0 Å². The van der Waals surface area contributed by atoms with Gasteiger partial charge < -0.3 is 35.5 Å². The number of carboxylic acids is 1. The molecule has 0 amide bonds. The molecule has 0 aromatic carbocycles. The maximum atomic E-state index is 11.7. The average Bonchev–Trinajstić information content (AvgIpc) is 3.76. The van der Waals surface area contributed by atoms with Crippen LogP contribution in [0.1, 0.15) is 129 Å². The van der Waals surface area contributed by atoms with E-state index >= 15 is 0 Å². The lowest BCUT2D eigenvalue weighted by Crippen LogP contribution is -2.08. The van der Waals surface area contributed by atoms with E-state index in [9.17, 15) is 30.3 Å². The van der Waals surface area contributed by atoms with Gasteiger partial charge in [-0.05, 0) is 80.5 Å². The van der Waals surface area contributed by atoms with Crippen LogP contribution in [0, 0.1) is 6.92 Å². The maximum absolute atomic E-state index is 11.7. The van der Waals surface area contributed by atoms with Crippen LogP contribution in [-0.2, 0) is 11.2 Å². The summed E-state index contributed by atoms with van der Waals surface area (Å²) in [5.41, 5.74) is 11.1. The molecule has 3 atom stereocenters. The molecular formula is C36H42N4O6. The van der Waals surface area contributed by atoms with E-state index in [0.717, 1.165) is 51.1 Å². The molecule has 242 valence electrons. The number of aromatic amines is 2. The molecule has 46 heavy (non-hydrogen) atoms. The molecule has 1 aliphatic carbocycles. The summed E-state index contributed by atoms with van der Waals surface area (Å²) in [5.74, 6) is -0.986. The number of carbonyl (C=O) groups is 1. The molecule has 1 unspecified atom stereocenters. The van der Waals surface area contributed by atoms with E-state index in [1.165, 1.54) is 0 Å². The van der Waals surface area contributed by atoms with Crippen molar-refractivity contribution in [3.8, 4) is 0 Å². The standard InChI is InChI=1S/C36H42N4O6/c1-7-9-21-24-13-23-19(8-2)31-27(42)12-22(35(31)38-23)34-20(10-11-28(43)44)15(3)32(40-34)17(5)33-16(4)29(18(6)41)25(39-33)14-26(37-24)30(21)36(45)46/h12-15,18,20,36,38,40-42,45-46H,7-11H2,1-6H3,(H,43,44)/t15-,18?,20-/m0/s1. The third-order valence-electron chi connectivity index (χ3n) is 9.86. The Morgan fingerprint density at radius 2 is 1.72 bits per heavy atom. The number of hydrogen-bond acceptors (Lipinski definition) is 7. The summed E-state index contributed by atoms with van der Waals surface area (Å²) in [5, 5.41) is 53.1. The summed E-state index contributed by atoms with van der Waals surface area (Å²) < 4.78 is 0. The van der Waals surface area contributed by atoms with Crippen LogP contribution in [0.25, 0.3) is 45.2 Å². The van der Waals surface area contributed by atoms with Crippen LogP contribution >= 0.6 is 0 Å². The first-order valence-electron chi connectivity index (χ1n) is 16.1. The fourth-order valence-electron chi connectivity index (χ4n) is 7.77. The SMILES string of the molecule is CCCC1=C(C(O)O)c2cc3nc(c(C)c4[nH]c(c5c6[nH]c(cc1n2)c(CC)c6C(O)=C5)[C@@H](CCC(=O)O)[C@@H]4C)C(C)=C3C(C)O. The van der Waals surface area contributed by atoms with Crippen LogP contribution in [0.3, 0.4) is 0 Å². The average molecular weight is 627 g/mol. The van der Waals surface area contributed by atoms with Crippen LogP contribution in [0.4, 0.5) is 0 Å². The zero-order chi connectivity index (χ0) is 33.2. The molecule has 8 bridgehead atoms. The molecule has 2 aromatic rings. The Balaban J connectivity index is 1.82. The quantitative estimate of drug-likeness (QED) is 0.166. The number of allylic oxidation sites excluding steroid dienone is 2. The Hall–Kier alpha value is -4.25. The summed E-state index contributed by atoms with van der Waals surface area (Å²) in [6.45, 7) is 11.7. The zero-order valence-electron chi connectivity index (χ0n) is 27.1. The van der Waals surface area contributed by atoms with E-state index in [1.807, 2.05) is 33.8 Å². The van der Waals surface area contributed by atoms with Gasteiger partial charge in [-0.1, -0.05) is 27.2 Å². The van der Waals surface area contributed by atoms with E-state index in [4.69, 9.17) is 9.97 Å². The van der Waals surface area contributed by atoms with Crippen molar-refractivity contribution in [2.45, 2.75) is 97.9 Å². The number of aryl methyl sites for hydroxylation is 1. The summed E-state index contributed by atoms with van der Waals surface area (Å²) in [6, 6.07) is 3.63. The number of aromatic nitrogens is 4. The van der Waals surface area contributed by atoms with E-state index < -0.39 is 18.4 Å². The van der Waals surface area contributed by atoms with Crippen molar-refractivity contribution in [1.82, 2.24) is 19.9 Å². The maximum Gasteiger partial charge on any atom is 0.303 e. The molecule has 5 heterocycles. The minimum atomic E-state index is -1.77. The molecule has 10 heteroatoms. The molecule has 0 saturated carbocycles. The van der Waals surface area contributed by atoms with Crippen LogP contribution in [0.15, 0.2) is 12.1 Å². The fourth-order valence-corrected chi connectivity index (χ4v) is 7.77. The molecule has 0 saturated heterocycles. The minimum absolute atomic E-state index is 0.00469. The number of rotatable bonds is 8. The van der Waals surface area contributed by atoms with Gasteiger partial charge >= 0.3 is 5.97 Å². The second kappa shape index (κ2) is 11.8. The number of nitrogens with zero attached hydrogens (tertiary/aromatic N) is 2. The van der Waals surface area contributed by atoms with Gasteiger partial charge in [0.15, 0.2) is 6.29 Å². The van der Waals surface area contributed by atoms with Gasteiger partial charge in [-0.25, -0.2) is 9.97 Å². The van der Waals surface area contributed by atoms with E-state index in [0.29, 0.717) is 64.3 Å². The Morgan fingerprint density at radius 1 is 1.00 bits per heavy atom. The molecule has 0 fully saturated rings. The topological polar surface area (TPSA) is 176 Å². The lowest BCUT2D eigenvalue weighted by atomic mass is 9.84. The van der Waals surface area contributed by atoms with Gasteiger partial charge in [0, 0.05) is 57.4 Å². The first-order valence-corrected chi connectivity index (χ1v) is 16.1. The van der Waals surface area contributed by atoms with E-state index in [2.05, 4.69) is 16.9 Å². The molecular weight excluding hydrogens is 584 g/mol. The summed E-state index contributed by atoms with van der Waals surface area (Å²) in [7, 11) is 0. The molecule has 2 aromatic heterocycles. The van der Waals surface area contributed by atoms with Gasteiger partial charge in [0.25, 0.3) is 0 Å². The highest BCUT2D eigenvalue weighted by Crippen LogP contribution is 2.47. The Bertz CT molecular complexity index is 1940. The highest BCUT2D eigenvalue weighted by molar-refractivity contribution is 6.02. The molecule has 7 N–H and O–H groups in total. The van der Waals surface area contributed by atoms with Crippen molar-refractivity contribution >= 4 is 51.1 Å². The third kappa shape index (κ3) is 4.96. The normalized spacial score (nSPS) is 18.9. The predicted molar refractivity (Wildman–Crippen MR) is 179 cm³/mol. The van der Waals surface area contributed by atoms with Crippen molar-refractivity contribution < 1.29 is 30.3 Å². The first kappa shape index (κ1) is 31.7. The number of nitrogens with one attached hydrogen (secondary N) is 2. The summed E-state index contributed by atoms with van der Waals surface area (Å²) in [6.07, 6.45) is 1.45. The van der Waals surface area contributed by atoms with Gasteiger partial charge in [0.05, 0.1) is 34.4 Å². The lowest BCUT2D eigenvalue weighted by molar-refractivity contribution is -0.137. The summed E-state index contributed by atoms with van der Waals surface area (Å²) >= 11 is 0. The van der Waals surface area contributed by atoms with Gasteiger partial charge in [0.1, 0.15) is 5.76 Å². The number of aliphatic carboxylic acids is 1. The third-order valence-corrected chi connectivity index (χ3v) is 9.86. The number of aliphatic hydroxyl groups excluding tert-OH is 3. The minimum Gasteiger partial charge on any atom is -0.507 e. The number of fused-ring (bicyclic) bond motifs is 8. The largest absolute Gasteiger partial charge is 0.507 e. The fraction of sp³-hybridized carbons (Fsp3) is 0.417. The van der Waals surface area contributed by atoms with Gasteiger partial charge in [-0.3, -0.25) is 4.79 Å². The van der Waals surface area contributed by atoms with Gasteiger partial charge in [-0.2, -0.15) is 0 Å². The number of aliphatic hydroxyl groups is 4. The Kier molecular flexibility index (Phi) is 8.16. The molecule has 6 rings (SSSR count). The van der Waals surface area contributed by atoms with Crippen molar-refractivity contribution in [2.75, 3.05) is 0 Å². The van der Waals surface area contributed by atoms with E-state index in [1.54, 1.807) is 19.1 Å². The highest BCUT2D eigenvalue weighted by atomic mass is 16.5. The number of carboxylic acid groups (broad SMARTS) is 1. The Morgan fingerprint density at radius 3 is 2.35 bits per heavy atom. The van der Waals surface area contributed by atoms with Gasteiger partial charge in [-0.15, -0.1) is 0 Å².